The van der Waals surface area contributed by atoms with Crippen molar-refractivity contribution in [1.82, 2.24) is 15.1 Å². The molecule has 0 saturated carbocycles. The lowest BCUT2D eigenvalue weighted by molar-refractivity contribution is -0.118. The molecule has 3 rings (SSSR count). The lowest BCUT2D eigenvalue weighted by atomic mass is 10.3. The van der Waals surface area contributed by atoms with Crippen LogP contribution < -0.4 is 14.8 Å². The second kappa shape index (κ2) is 8.29. The first-order valence-corrected chi connectivity index (χ1v) is 9.40. The molecule has 25 heavy (non-hydrogen) atoms. The SMILES string of the molecule is Cc1cc(C)n(CCCNC(=O)CSc2ccc3c(c2)OCCO3)n1. The van der Waals surface area contributed by atoms with E-state index in [0.717, 1.165) is 40.7 Å². The van der Waals surface area contributed by atoms with Gasteiger partial charge in [-0.2, -0.15) is 5.10 Å². The van der Waals surface area contributed by atoms with E-state index in [9.17, 15) is 4.79 Å². The van der Waals surface area contributed by atoms with Crippen LogP contribution in [0.4, 0.5) is 0 Å². The first kappa shape index (κ1) is 17.7. The highest BCUT2D eigenvalue weighted by Crippen LogP contribution is 2.34. The van der Waals surface area contributed by atoms with E-state index in [1.165, 1.54) is 11.8 Å². The fourth-order valence-electron chi connectivity index (χ4n) is 2.67. The fourth-order valence-corrected chi connectivity index (χ4v) is 3.43. The summed E-state index contributed by atoms with van der Waals surface area (Å²) >= 11 is 1.50. The van der Waals surface area contributed by atoms with Crippen molar-refractivity contribution < 1.29 is 14.3 Å². The van der Waals surface area contributed by atoms with Gasteiger partial charge in [0.25, 0.3) is 0 Å². The molecule has 1 aromatic carbocycles. The van der Waals surface area contributed by atoms with Crippen LogP contribution in [-0.2, 0) is 11.3 Å². The van der Waals surface area contributed by atoms with Gasteiger partial charge in [-0.3, -0.25) is 9.48 Å². The highest BCUT2D eigenvalue weighted by Gasteiger charge is 2.12. The Hall–Kier alpha value is -2.15. The molecule has 0 bridgehead atoms. The van der Waals surface area contributed by atoms with Crippen LogP contribution >= 0.6 is 11.8 Å². The first-order chi connectivity index (χ1) is 12.1. The van der Waals surface area contributed by atoms with Gasteiger partial charge in [0.2, 0.25) is 5.91 Å². The summed E-state index contributed by atoms with van der Waals surface area (Å²) in [5.74, 6) is 1.94. The standard InChI is InChI=1S/C18H23N3O3S/c1-13-10-14(2)21(20-13)7-3-6-19-18(22)12-25-15-4-5-16-17(11-15)24-9-8-23-16/h4-5,10-11H,3,6-9,12H2,1-2H3,(H,19,22). The summed E-state index contributed by atoms with van der Waals surface area (Å²) in [5.41, 5.74) is 2.18. The normalized spacial score (nSPS) is 12.9. The highest BCUT2D eigenvalue weighted by molar-refractivity contribution is 8.00. The van der Waals surface area contributed by atoms with Crippen molar-refractivity contribution in [2.24, 2.45) is 0 Å². The van der Waals surface area contributed by atoms with Gasteiger partial charge in [-0.1, -0.05) is 0 Å². The number of rotatable bonds is 7. The van der Waals surface area contributed by atoms with Gasteiger partial charge in [-0.25, -0.2) is 0 Å². The number of carbonyl (C=O) groups is 1. The molecule has 0 atom stereocenters. The Morgan fingerprint density at radius 2 is 2.04 bits per heavy atom. The predicted octanol–water partition coefficient (Wildman–Crippen LogP) is 2.57. The molecule has 2 aromatic rings. The fraction of sp³-hybridized carbons (Fsp3) is 0.444. The lowest BCUT2D eigenvalue weighted by Gasteiger charge is -2.18. The van der Waals surface area contributed by atoms with Crippen LogP contribution in [0.1, 0.15) is 17.8 Å². The smallest absolute Gasteiger partial charge is 0.230 e. The van der Waals surface area contributed by atoms with Crippen LogP contribution in [-0.4, -0.2) is 41.2 Å². The summed E-state index contributed by atoms with van der Waals surface area (Å²) < 4.78 is 13.0. The number of benzene rings is 1. The van der Waals surface area contributed by atoms with E-state index in [1.54, 1.807) is 0 Å². The van der Waals surface area contributed by atoms with Crippen molar-refractivity contribution in [3.8, 4) is 11.5 Å². The third-order valence-corrected chi connectivity index (χ3v) is 4.85. The molecule has 0 saturated heterocycles. The van der Waals surface area contributed by atoms with Crippen LogP contribution in [0.25, 0.3) is 0 Å². The number of carbonyl (C=O) groups excluding carboxylic acids is 1. The third-order valence-electron chi connectivity index (χ3n) is 3.86. The van der Waals surface area contributed by atoms with Gasteiger partial charge in [0.05, 0.1) is 11.4 Å². The molecule has 1 aliphatic rings. The van der Waals surface area contributed by atoms with E-state index in [-0.39, 0.29) is 5.91 Å². The summed E-state index contributed by atoms with van der Waals surface area (Å²) in [6, 6.07) is 7.83. The second-order valence-corrected chi connectivity index (χ2v) is 7.00. The molecular formula is C18H23N3O3S. The van der Waals surface area contributed by atoms with Gasteiger partial charge in [0, 0.05) is 23.7 Å². The van der Waals surface area contributed by atoms with Gasteiger partial charge in [-0.15, -0.1) is 11.8 Å². The number of ether oxygens (including phenoxy) is 2. The second-order valence-electron chi connectivity index (χ2n) is 5.95. The summed E-state index contributed by atoms with van der Waals surface area (Å²) in [6.45, 7) is 6.65. The van der Waals surface area contributed by atoms with Gasteiger partial charge in [-0.05, 0) is 44.5 Å². The number of fused-ring (bicyclic) bond motifs is 1. The van der Waals surface area contributed by atoms with E-state index < -0.39 is 0 Å². The molecule has 1 amide bonds. The molecule has 0 unspecified atom stereocenters. The number of hydrogen-bond donors (Lipinski definition) is 1. The molecule has 0 radical (unpaired) electrons. The van der Waals surface area contributed by atoms with Crippen LogP contribution in [0.5, 0.6) is 11.5 Å². The topological polar surface area (TPSA) is 65.4 Å². The Labute approximate surface area is 151 Å². The summed E-state index contributed by atoms with van der Waals surface area (Å²) in [6.07, 6.45) is 0.863. The minimum absolute atomic E-state index is 0.0354. The highest BCUT2D eigenvalue weighted by atomic mass is 32.2. The third kappa shape index (κ3) is 4.92. The number of thioether (sulfide) groups is 1. The van der Waals surface area contributed by atoms with Crippen molar-refractivity contribution in [2.45, 2.75) is 31.7 Å². The lowest BCUT2D eigenvalue weighted by Crippen LogP contribution is -2.27. The summed E-state index contributed by atoms with van der Waals surface area (Å²) in [7, 11) is 0. The zero-order chi connectivity index (χ0) is 17.6. The average Bonchev–Trinajstić information content (AvgIpc) is 2.94. The zero-order valence-corrected chi connectivity index (χ0v) is 15.4. The molecule has 0 fully saturated rings. The number of nitrogens with zero attached hydrogens (tertiary/aromatic N) is 2. The van der Waals surface area contributed by atoms with E-state index >= 15 is 0 Å². The molecule has 7 heteroatoms. The van der Waals surface area contributed by atoms with Crippen LogP contribution in [0.2, 0.25) is 0 Å². The van der Waals surface area contributed by atoms with Crippen molar-refractivity contribution in [3.63, 3.8) is 0 Å². The molecular weight excluding hydrogens is 338 g/mol. The van der Waals surface area contributed by atoms with E-state index in [1.807, 2.05) is 36.7 Å². The van der Waals surface area contributed by atoms with Gasteiger partial charge >= 0.3 is 0 Å². The Bertz CT molecular complexity index is 745. The van der Waals surface area contributed by atoms with Crippen molar-refractivity contribution >= 4 is 17.7 Å². The molecule has 1 aliphatic heterocycles. The maximum absolute atomic E-state index is 12.0. The molecule has 2 heterocycles. The molecule has 6 nitrogen and oxygen atoms in total. The van der Waals surface area contributed by atoms with Crippen molar-refractivity contribution in [1.29, 1.82) is 0 Å². The number of nitrogens with one attached hydrogen (secondary N) is 1. The average molecular weight is 361 g/mol. The Morgan fingerprint density at radius 3 is 2.80 bits per heavy atom. The monoisotopic (exact) mass is 361 g/mol. The zero-order valence-electron chi connectivity index (χ0n) is 14.6. The predicted molar refractivity (Wildman–Crippen MR) is 97.5 cm³/mol. The maximum atomic E-state index is 12.0. The van der Waals surface area contributed by atoms with Gasteiger partial charge in [0.15, 0.2) is 11.5 Å². The molecule has 0 spiro atoms. The maximum Gasteiger partial charge on any atom is 0.230 e. The van der Waals surface area contributed by atoms with Crippen molar-refractivity contribution in [2.75, 3.05) is 25.5 Å². The molecule has 1 N–H and O–H groups in total. The van der Waals surface area contributed by atoms with E-state index in [2.05, 4.69) is 16.5 Å². The minimum atomic E-state index is 0.0354. The van der Waals surface area contributed by atoms with Crippen LogP contribution in [0.15, 0.2) is 29.2 Å². The quantitative estimate of drug-likeness (QED) is 0.606. The summed E-state index contributed by atoms with van der Waals surface area (Å²) in [5, 5.41) is 7.37. The van der Waals surface area contributed by atoms with Crippen LogP contribution in [0.3, 0.4) is 0 Å². The molecule has 0 aliphatic carbocycles. The molecule has 1 aromatic heterocycles. The Morgan fingerprint density at radius 1 is 1.24 bits per heavy atom. The van der Waals surface area contributed by atoms with Crippen LogP contribution in [0, 0.1) is 13.8 Å². The largest absolute Gasteiger partial charge is 0.486 e. The van der Waals surface area contributed by atoms with Crippen molar-refractivity contribution in [3.05, 3.63) is 35.7 Å². The summed E-state index contributed by atoms with van der Waals surface area (Å²) in [4.78, 5) is 13.0. The van der Waals surface area contributed by atoms with E-state index in [4.69, 9.17) is 9.47 Å². The Balaban J connectivity index is 1.37. The number of aromatic nitrogens is 2. The number of hydrogen-bond acceptors (Lipinski definition) is 5. The minimum Gasteiger partial charge on any atom is -0.486 e. The Kier molecular flexibility index (Phi) is 5.86. The number of amides is 1. The number of aryl methyl sites for hydroxylation is 3. The first-order valence-electron chi connectivity index (χ1n) is 8.42. The van der Waals surface area contributed by atoms with E-state index in [0.29, 0.717) is 25.5 Å². The van der Waals surface area contributed by atoms with Gasteiger partial charge < -0.3 is 14.8 Å². The van der Waals surface area contributed by atoms with Gasteiger partial charge in [0.1, 0.15) is 13.2 Å². The molecule has 134 valence electrons.